The van der Waals surface area contributed by atoms with Crippen molar-refractivity contribution in [2.45, 2.75) is 20.1 Å². The van der Waals surface area contributed by atoms with Gasteiger partial charge in [-0.2, -0.15) is 0 Å². The number of pyridine rings is 1. The molecule has 0 atom stereocenters. The quantitative estimate of drug-likeness (QED) is 0.558. The Hall–Kier alpha value is -2.84. The van der Waals surface area contributed by atoms with Crippen LogP contribution in [0.15, 0.2) is 34.0 Å². The van der Waals surface area contributed by atoms with Crippen molar-refractivity contribution >= 4 is 45.9 Å². The van der Waals surface area contributed by atoms with Gasteiger partial charge in [-0.15, -0.1) is 0 Å². The lowest BCUT2D eigenvalue weighted by Crippen LogP contribution is -2.24. The van der Waals surface area contributed by atoms with E-state index >= 15 is 0 Å². The van der Waals surface area contributed by atoms with Crippen LogP contribution < -0.4 is 16.6 Å². The Balaban J connectivity index is 2.06. The predicted octanol–water partition coefficient (Wildman–Crippen LogP) is 2.59. The highest BCUT2D eigenvalue weighted by Crippen LogP contribution is 2.27. The third-order valence-corrected chi connectivity index (χ3v) is 4.33. The Kier molecular flexibility index (Phi) is 5.48. The molecule has 2 heterocycles. The number of H-pyrrole nitrogens is 2. The molecular weight excluding hydrogens is 395 g/mol. The molecule has 10 heteroatoms. The smallest absolute Gasteiger partial charge is 0.327 e. The van der Waals surface area contributed by atoms with Crippen LogP contribution in [0.4, 0.5) is 5.69 Å². The molecule has 1 aromatic carbocycles. The molecule has 0 amide bonds. The van der Waals surface area contributed by atoms with E-state index in [4.69, 9.17) is 27.9 Å². The second kappa shape index (κ2) is 7.81. The first-order valence-corrected chi connectivity index (χ1v) is 8.56. The van der Waals surface area contributed by atoms with Crippen molar-refractivity contribution in [3.63, 3.8) is 0 Å². The number of hydrogen-bond acceptors (Lipinski definition) is 6. The number of esters is 1. The molecule has 3 rings (SSSR count). The molecule has 0 aliphatic heterocycles. The minimum Gasteiger partial charge on any atom is -0.461 e. The van der Waals surface area contributed by atoms with Gasteiger partial charge < -0.3 is 10.1 Å². The van der Waals surface area contributed by atoms with E-state index in [2.05, 4.69) is 20.3 Å². The lowest BCUT2D eigenvalue weighted by atomic mass is 10.1. The molecule has 140 valence electrons. The number of aromatic amines is 2. The summed E-state index contributed by atoms with van der Waals surface area (Å²) in [5.41, 5.74) is 0.523. The van der Waals surface area contributed by atoms with Gasteiger partial charge in [0.25, 0.3) is 5.56 Å². The summed E-state index contributed by atoms with van der Waals surface area (Å²) in [6, 6.07) is 4.95. The number of carbonyl (C=O) groups excluding carboxylic acids is 1. The molecule has 3 aromatic rings. The number of nitrogens with zero attached hydrogens (tertiary/aromatic N) is 1. The van der Waals surface area contributed by atoms with E-state index < -0.39 is 17.2 Å². The minimum atomic E-state index is -0.660. The predicted molar refractivity (Wildman–Crippen MR) is 102 cm³/mol. The summed E-state index contributed by atoms with van der Waals surface area (Å²) in [5, 5.41) is 4.20. The summed E-state index contributed by atoms with van der Waals surface area (Å²) in [6.07, 6.45) is 1.45. The number of anilines is 1. The van der Waals surface area contributed by atoms with Gasteiger partial charge in [0.15, 0.2) is 0 Å². The summed E-state index contributed by atoms with van der Waals surface area (Å²) < 4.78 is 5.04. The zero-order chi connectivity index (χ0) is 19.6. The summed E-state index contributed by atoms with van der Waals surface area (Å²) in [6.45, 7) is 1.39. The second-order valence-electron chi connectivity index (χ2n) is 5.65. The van der Waals surface area contributed by atoms with E-state index in [9.17, 15) is 14.4 Å². The van der Waals surface area contributed by atoms with Gasteiger partial charge >= 0.3 is 11.7 Å². The maximum atomic E-state index is 12.3. The second-order valence-corrected chi connectivity index (χ2v) is 6.50. The monoisotopic (exact) mass is 408 g/mol. The summed E-state index contributed by atoms with van der Waals surface area (Å²) in [4.78, 5) is 43.7. The Morgan fingerprint density at radius 1 is 1.26 bits per heavy atom. The highest BCUT2D eigenvalue weighted by Gasteiger charge is 2.15. The van der Waals surface area contributed by atoms with Crippen molar-refractivity contribution in [2.24, 2.45) is 0 Å². The molecule has 3 N–H and O–H groups in total. The molecule has 0 spiro atoms. The van der Waals surface area contributed by atoms with Gasteiger partial charge in [0, 0.05) is 30.3 Å². The number of aromatic nitrogens is 3. The maximum Gasteiger partial charge on any atom is 0.327 e. The molecule has 0 radical (unpaired) electrons. The van der Waals surface area contributed by atoms with Crippen LogP contribution in [0.3, 0.4) is 0 Å². The summed E-state index contributed by atoms with van der Waals surface area (Å²) >= 11 is 12.1. The normalized spacial score (nSPS) is 10.8. The number of halogens is 2. The number of fused-ring (bicyclic) bond motifs is 1. The van der Waals surface area contributed by atoms with Gasteiger partial charge in [0.2, 0.25) is 0 Å². The Morgan fingerprint density at radius 2 is 2.04 bits per heavy atom. The topological polar surface area (TPSA) is 117 Å². The third kappa shape index (κ3) is 4.29. The molecule has 27 heavy (non-hydrogen) atoms. The number of hydrogen-bond donors (Lipinski definition) is 3. The number of nitrogens with one attached hydrogen (secondary N) is 3. The van der Waals surface area contributed by atoms with Crippen LogP contribution >= 0.6 is 23.2 Å². The van der Waals surface area contributed by atoms with Crippen LogP contribution in [-0.4, -0.2) is 20.9 Å². The van der Waals surface area contributed by atoms with E-state index in [1.54, 1.807) is 18.2 Å². The number of benzene rings is 1. The largest absolute Gasteiger partial charge is 0.461 e. The van der Waals surface area contributed by atoms with Crippen LogP contribution in [0.5, 0.6) is 0 Å². The molecule has 0 saturated heterocycles. The molecular formula is C17H14Cl2N4O4. The molecule has 0 bridgehead atoms. The first kappa shape index (κ1) is 18.9. The standard InChI is InChI=1S/C17H14Cl2N4O4/c1-8(24)27-7-9-5-21-15-14(16(25)23-17(26)22-15)11(9)6-20-13-3-2-10(18)4-12(13)19/h2-5,20H,6-7H2,1H3,(H2,21,22,23,25,26). The van der Waals surface area contributed by atoms with Gasteiger partial charge in [-0.3, -0.25) is 19.6 Å². The van der Waals surface area contributed by atoms with Crippen molar-refractivity contribution in [3.8, 4) is 0 Å². The molecule has 0 saturated carbocycles. The number of carbonyl (C=O) groups is 1. The van der Waals surface area contributed by atoms with Crippen molar-refractivity contribution in [1.29, 1.82) is 0 Å². The average Bonchev–Trinajstić information content (AvgIpc) is 2.59. The van der Waals surface area contributed by atoms with E-state index in [-0.39, 0.29) is 24.2 Å². The van der Waals surface area contributed by atoms with E-state index in [0.29, 0.717) is 26.9 Å². The van der Waals surface area contributed by atoms with Crippen molar-refractivity contribution < 1.29 is 9.53 Å². The van der Waals surface area contributed by atoms with Gasteiger partial charge in [0.05, 0.1) is 16.1 Å². The van der Waals surface area contributed by atoms with Gasteiger partial charge in [0.1, 0.15) is 12.3 Å². The highest BCUT2D eigenvalue weighted by atomic mass is 35.5. The molecule has 8 nitrogen and oxygen atoms in total. The van der Waals surface area contributed by atoms with Crippen LogP contribution in [-0.2, 0) is 22.7 Å². The van der Waals surface area contributed by atoms with Crippen LogP contribution in [0.25, 0.3) is 11.0 Å². The first-order chi connectivity index (χ1) is 12.8. The zero-order valence-electron chi connectivity index (χ0n) is 14.1. The minimum absolute atomic E-state index is 0.0673. The summed E-state index contributed by atoms with van der Waals surface area (Å²) in [7, 11) is 0. The third-order valence-electron chi connectivity index (χ3n) is 3.78. The van der Waals surface area contributed by atoms with Crippen molar-refractivity contribution in [1.82, 2.24) is 15.0 Å². The fourth-order valence-corrected chi connectivity index (χ4v) is 3.03. The fourth-order valence-electron chi connectivity index (χ4n) is 2.55. The molecule has 0 aliphatic rings. The van der Waals surface area contributed by atoms with Crippen LogP contribution in [0, 0.1) is 0 Å². The van der Waals surface area contributed by atoms with Crippen LogP contribution in [0.1, 0.15) is 18.1 Å². The van der Waals surface area contributed by atoms with Crippen LogP contribution in [0.2, 0.25) is 10.0 Å². The van der Waals surface area contributed by atoms with Gasteiger partial charge in [-0.1, -0.05) is 23.2 Å². The first-order valence-electron chi connectivity index (χ1n) is 7.80. The molecule has 0 fully saturated rings. The lowest BCUT2D eigenvalue weighted by Gasteiger charge is -2.14. The van der Waals surface area contributed by atoms with E-state index in [1.165, 1.54) is 13.1 Å². The van der Waals surface area contributed by atoms with Gasteiger partial charge in [-0.05, 0) is 23.8 Å². The molecule has 0 unspecified atom stereocenters. The highest BCUT2D eigenvalue weighted by molar-refractivity contribution is 6.36. The zero-order valence-corrected chi connectivity index (χ0v) is 15.6. The lowest BCUT2D eigenvalue weighted by molar-refractivity contribution is -0.142. The average molecular weight is 409 g/mol. The van der Waals surface area contributed by atoms with Gasteiger partial charge in [-0.25, -0.2) is 9.78 Å². The Labute approximate surface area is 162 Å². The SMILES string of the molecule is CC(=O)OCc1cnc2[nH]c(=O)[nH]c(=O)c2c1CNc1ccc(Cl)cc1Cl. The summed E-state index contributed by atoms with van der Waals surface area (Å²) in [5.74, 6) is -0.467. The van der Waals surface area contributed by atoms with E-state index in [1.807, 2.05) is 0 Å². The van der Waals surface area contributed by atoms with Crippen molar-refractivity contribution in [3.05, 3.63) is 66.4 Å². The molecule has 2 aromatic heterocycles. The number of ether oxygens (including phenoxy) is 1. The Bertz CT molecular complexity index is 1140. The number of rotatable bonds is 5. The fraction of sp³-hybridized carbons (Fsp3) is 0.176. The van der Waals surface area contributed by atoms with Crippen molar-refractivity contribution in [2.75, 3.05) is 5.32 Å². The van der Waals surface area contributed by atoms with E-state index in [0.717, 1.165) is 0 Å². The maximum absolute atomic E-state index is 12.3. The molecule has 0 aliphatic carbocycles. The Morgan fingerprint density at radius 3 is 2.74 bits per heavy atom.